The lowest BCUT2D eigenvalue weighted by atomic mass is 10.3. The number of aromatic nitrogens is 2. The zero-order chi connectivity index (χ0) is 8.39. The van der Waals surface area contributed by atoms with Gasteiger partial charge in [-0.3, -0.25) is 4.52 Å². The van der Waals surface area contributed by atoms with Crippen molar-refractivity contribution in [3.8, 4) is 11.6 Å². The van der Waals surface area contributed by atoms with Crippen LogP contribution in [0.25, 0.3) is 5.69 Å². The first-order chi connectivity index (χ1) is 5.86. The Kier molecular flexibility index (Phi) is 1.51. The summed E-state index contributed by atoms with van der Waals surface area (Å²) in [5.74, 6) is -0.321. The molecule has 2 rings (SSSR count). The largest absolute Gasteiger partial charge is 0.489 e. The third-order valence-electron chi connectivity index (χ3n) is 1.41. The summed E-state index contributed by atoms with van der Waals surface area (Å²) in [5, 5.41) is 12.3. The standard InChI is InChI=1S/C8H6N2O2/c11-8-6-10(9-12-8)7-4-2-1-3-5-7/h1-5,11H. The molecule has 0 amide bonds. The summed E-state index contributed by atoms with van der Waals surface area (Å²) in [4.78, 5) is 0. The molecule has 0 unspecified atom stereocenters. The molecule has 4 nitrogen and oxygen atoms in total. The molecule has 1 heterocycles. The van der Waals surface area contributed by atoms with Crippen LogP contribution in [-0.4, -0.2) is 10.4 Å². The van der Waals surface area contributed by atoms with Crippen molar-refractivity contribution in [2.75, 3.05) is 0 Å². The Morgan fingerprint density at radius 3 is 2.67 bits per heavy atom. The molecule has 0 atom stereocenters. The van der Waals surface area contributed by atoms with Gasteiger partial charge in [0, 0.05) is 0 Å². The Bertz CT molecular complexity index is 370. The van der Waals surface area contributed by atoms with Gasteiger partial charge >= 0.3 is 0 Å². The van der Waals surface area contributed by atoms with Gasteiger partial charge in [0.2, 0.25) is 0 Å². The second-order valence-electron chi connectivity index (χ2n) is 2.24. The summed E-state index contributed by atoms with van der Waals surface area (Å²) < 4.78 is 5.76. The van der Waals surface area contributed by atoms with Crippen molar-refractivity contribution in [3.05, 3.63) is 36.5 Å². The molecule has 0 saturated carbocycles. The number of aromatic hydroxyl groups is 1. The van der Waals surface area contributed by atoms with Crippen molar-refractivity contribution in [1.29, 1.82) is 0 Å². The molecule has 1 aromatic heterocycles. The SMILES string of the molecule is Oc1[c-][n+](-c2ccccc2)no1. The average Bonchev–Trinajstić information content (AvgIpc) is 2.54. The molecule has 0 aliphatic rings. The van der Waals surface area contributed by atoms with Crippen LogP contribution >= 0.6 is 0 Å². The van der Waals surface area contributed by atoms with E-state index in [1.54, 1.807) is 0 Å². The third-order valence-corrected chi connectivity index (χ3v) is 1.41. The molecule has 2 aromatic rings. The Hall–Kier alpha value is -1.84. The van der Waals surface area contributed by atoms with Crippen LogP contribution in [0.4, 0.5) is 0 Å². The average molecular weight is 162 g/mol. The molecule has 12 heavy (non-hydrogen) atoms. The summed E-state index contributed by atoms with van der Waals surface area (Å²) in [6, 6.07) is 9.28. The van der Waals surface area contributed by atoms with Crippen molar-refractivity contribution < 1.29 is 14.3 Å². The van der Waals surface area contributed by atoms with Gasteiger partial charge in [-0.1, -0.05) is 30.3 Å². The normalized spacial score (nSPS) is 10.0. The zero-order valence-electron chi connectivity index (χ0n) is 6.14. The van der Waals surface area contributed by atoms with Crippen LogP contribution in [0.15, 0.2) is 34.9 Å². The van der Waals surface area contributed by atoms with Gasteiger partial charge in [0.05, 0.1) is 5.69 Å². The van der Waals surface area contributed by atoms with Gasteiger partial charge in [0.1, 0.15) is 0 Å². The first kappa shape index (κ1) is 6.84. The van der Waals surface area contributed by atoms with Crippen molar-refractivity contribution >= 4 is 0 Å². The molecule has 0 fully saturated rings. The predicted octanol–water partition coefficient (Wildman–Crippen LogP) is 0.457. The van der Waals surface area contributed by atoms with Crippen LogP contribution in [0, 0.1) is 6.20 Å². The molecular weight excluding hydrogens is 156 g/mol. The molecule has 0 saturated heterocycles. The van der Waals surface area contributed by atoms with Crippen LogP contribution in [0.1, 0.15) is 0 Å². The maximum Gasteiger partial charge on any atom is 0.290 e. The van der Waals surface area contributed by atoms with Crippen LogP contribution in [-0.2, 0) is 0 Å². The number of rotatable bonds is 1. The molecule has 1 aromatic carbocycles. The summed E-state index contributed by atoms with van der Waals surface area (Å²) >= 11 is 0. The van der Waals surface area contributed by atoms with Crippen molar-refractivity contribution in [2.24, 2.45) is 0 Å². The fourth-order valence-electron chi connectivity index (χ4n) is 0.892. The van der Waals surface area contributed by atoms with Gasteiger partial charge in [0.25, 0.3) is 5.95 Å². The first-order valence-electron chi connectivity index (χ1n) is 3.42. The number of hydrogen-bond acceptors (Lipinski definition) is 3. The lowest BCUT2D eigenvalue weighted by molar-refractivity contribution is -0.674. The maximum absolute atomic E-state index is 8.81. The van der Waals surface area contributed by atoms with Crippen LogP contribution in [0.5, 0.6) is 5.95 Å². The summed E-state index contributed by atoms with van der Waals surface area (Å²) in [6.45, 7) is 0. The van der Waals surface area contributed by atoms with Gasteiger partial charge in [-0.2, -0.15) is 4.68 Å². The van der Waals surface area contributed by atoms with Crippen LogP contribution in [0.3, 0.4) is 0 Å². The zero-order valence-corrected chi connectivity index (χ0v) is 6.14. The topological polar surface area (TPSA) is 50.1 Å². The highest BCUT2D eigenvalue weighted by molar-refractivity contribution is 5.20. The minimum atomic E-state index is -0.321. The fourth-order valence-corrected chi connectivity index (χ4v) is 0.892. The smallest absolute Gasteiger partial charge is 0.290 e. The highest BCUT2D eigenvalue weighted by Crippen LogP contribution is 2.01. The van der Waals surface area contributed by atoms with E-state index in [1.807, 2.05) is 30.3 Å². The molecule has 4 heteroatoms. The van der Waals surface area contributed by atoms with Crippen LogP contribution < -0.4 is 4.68 Å². The Morgan fingerprint density at radius 2 is 2.08 bits per heavy atom. The molecule has 0 aliphatic heterocycles. The van der Waals surface area contributed by atoms with Gasteiger partial charge < -0.3 is 5.11 Å². The Balaban J connectivity index is 2.45. The second-order valence-corrected chi connectivity index (χ2v) is 2.24. The van der Waals surface area contributed by atoms with Crippen LogP contribution in [0.2, 0.25) is 0 Å². The van der Waals surface area contributed by atoms with Gasteiger partial charge in [0.15, 0.2) is 11.5 Å². The summed E-state index contributed by atoms with van der Waals surface area (Å²) in [7, 11) is 0. The quantitative estimate of drug-likeness (QED) is 0.489. The summed E-state index contributed by atoms with van der Waals surface area (Å²) in [5.41, 5.74) is 0.793. The van der Waals surface area contributed by atoms with Crippen molar-refractivity contribution in [3.63, 3.8) is 0 Å². The third kappa shape index (κ3) is 1.14. The molecule has 60 valence electrons. The number of para-hydroxylation sites is 1. The fraction of sp³-hybridized carbons (Fsp3) is 0. The lowest BCUT2D eigenvalue weighted by Crippen LogP contribution is -2.31. The highest BCUT2D eigenvalue weighted by atomic mass is 16.6. The highest BCUT2D eigenvalue weighted by Gasteiger charge is 2.01. The molecule has 0 spiro atoms. The Labute approximate surface area is 68.6 Å². The van der Waals surface area contributed by atoms with Crippen molar-refractivity contribution in [1.82, 2.24) is 5.27 Å². The first-order valence-corrected chi connectivity index (χ1v) is 3.42. The molecule has 0 radical (unpaired) electrons. The van der Waals surface area contributed by atoms with E-state index in [9.17, 15) is 0 Å². The van der Waals surface area contributed by atoms with Gasteiger partial charge in [-0.15, -0.1) is 0 Å². The van der Waals surface area contributed by atoms with Crippen molar-refractivity contribution in [2.45, 2.75) is 0 Å². The van der Waals surface area contributed by atoms with E-state index in [2.05, 4.69) is 16.0 Å². The monoisotopic (exact) mass is 162 g/mol. The summed E-state index contributed by atoms with van der Waals surface area (Å²) in [6.07, 6.45) is 2.49. The molecular formula is C8H6N2O2. The lowest BCUT2D eigenvalue weighted by Gasteiger charge is -1.93. The molecule has 1 N–H and O–H groups in total. The van der Waals surface area contributed by atoms with Gasteiger partial charge in [-0.05, 0) is 0 Å². The molecule has 0 bridgehead atoms. The molecule has 0 aliphatic carbocycles. The minimum Gasteiger partial charge on any atom is -0.489 e. The van der Waals surface area contributed by atoms with E-state index in [1.165, 1.54) is 4.68 Å². The van der Waals surface area contributed by atoms with E-state index in [-0.39, 0.29) is 5.95 Å². The second kappa shape index (κ2) is 2.65. The number of nitrogens with zero attached hydrogens (tertiary/aromatic N) is 2. The maximum atomic E-state index is 8.81. The Morgan fingerprint density at radius 1 is 1.33 bits per heavy atom. The van der Waals surface area contributed by atoms with Gasteiger partial charge in [-0.25, -0.2) is 0 Å². The van der Waals surface area contributed by atoms with E-state index in [0.29, 0.717) is 0 Å². The van der Waals surface area contributed by atoms with E-state index >= 15 is 0 Å². The number of hydrogen-bond donors (Lipinski definition) is 1. The van der Waals surface area contributed by atoms with E-state index in [0.717, 1.165) is 5.69 Å². The number of benzene rings is 1. The van der Waals surface area contributed by atoms with E-state index < -0.39 is 0 Å². The predicted molar refractivity (Wildman–Crippen MR) is 38.5 cm³/mol. The van der Waals surface area contributed by atoms with E-state index in [4.69, 9.17) is 5.11 Å². The minimum absolute atomic E-state index is 0.321.